The quantitative estimate of drug-likeness (QED) is 0.866. The van der Waals surface area contributed by atoms with Crippen LogP contribution in [0.5, 0.6) is 0 Å². The van der Waals surface area contributed by atoms with Gasteiger partial charge in [0.25, 0.3) is 0 Å². The highest BCUT2D eigenvalue weighted by molar-refractivity contribution is 9.10. The Morgan fingerprint density at radius 1 is 1.53 bits per heavy atom. The molecule has 0 radical (unpaired) electrons. The van der Waals surface area contributed by atoms with Gasteiger partial charge in [0.2, 0.25) is 0 Å². The second kappa shape index (κ2) is 5.85. The maximum absolute atomic E-state index is 11.5. The van der Waals surface area contributed by atoms with Crippen LogP contribution in [0, 0.1) is 0 Å². The average Bonchev–Trinajstić information content (AvgIpc) is 2.29. The summed E-state index contributed by atoms with van der Waals surface area (Å²) in [5, 5.41) is 3.80. The lowest BCUT2D eigenvalue weighted by molar-refractivity contribution is -0.147. The molecule has 1 aromatic rings. The summed E-state index contributed by atoms with van der Waals surface area (Å²) in [7, 11) is 1.38. The maximum Gasteiger partial charge on any atom is 0.325 e. The molecule has 0 aliphatic rings. The van der Waals surface area contributed by atoms with Gasteiger partial charge in [-0.3, -0.25) is 10.1 Å². The van der Waals surface area contributed by atoms with Crippen molar-refractivity contribution in [3.8, 4) is 0 Å². The third kappa shape index (κ3) is 3.98. The fourth-order valence-electron chi connectivity index (χ4n) is 1.32. The molecule has 3 nitrogen and oxygen atoms in total. The SMILES string of the molecule is COC(=O)C(C)(C)NCc1cc(Cl)ccc1Br. The molecule has 0 amide bonds. The Balaban J connectivity index is 2.73. The van der Waals surface area contributed by atoms with Gasteiger partial charge in [-0.2, -0.15) is 0 Å². The molecular weight excluding hydrogens is 305 g/mol. The van der Waals surface area contributed by atoms with Crippen LogP contribution in [-0.4, -0.2) is 18.6 Å². The van der Waals surface area contributed by atoms with E-state index >= 15 is 0 Å². The van der Waals surface area contributed by atoms with Crippen LogP contribution >= 0.6 is 27.5 Å². The number of esters is 1. The number of nitrogens with one attached hydrogen (secondary N) is 1. The second-order valence-electron chi connectivity index (χ2n) is 4.21. The van der Waals surface area contributed by atoms with E-state index in [4.69, 9.17) is 16.3 Å². The molecule has 94 valence electrons. The predicted octanol–water partition coefficient (Wildman–Crippen LogP) is 3.14. The van der Waals surface area contributed by atoms with Crippen LogP contribution in [0.15, 0.2) is 22.7 Å². The molecule has 1 rings (SSSR count). The number of methoxy groups -OCH3 is 1. The van der Waals surface area contributed by atoms with Crippen LogP contribution in [0.4, 0.5) is 0 Å². The Bertz CT molecular complexity index is 421. The minimum atomic E-state index is -0.726. The van der Waals surface area contributed by atoms with E-state index in [1.807, 2.05) is 12.1 Å². The zero-order valence-corrected chi connectivity index (χ0v) is 12.4. The first-order valence-corrected chi connectivity index (χ1v) is 6.31. The van der Waals surface area contributed by atoms with Gasteiger partial charge in [0.1, 0.15) is 5.54 Å². The summed E-state index contributed by atoms with van der Waals surface area (Å²) >= 11 is 9.35. The second-order valence-corrected chi connectivity index (χ2v) is 5.50. The minimum absolute atomic E-state index is 0.296. The average molecular weight is 321 g/mol. The molecule has 0 aromatic heterocycles. The standard InChI is InChI=1S/C12H15BrClNO2/c1-12(2,11(16)17-3)15-7-8-6-9(14)4-5-10(8)13/h4-6,15H,7H2,1-3H3. The molecular formula is C12H15BrClNO2. The number of carbonyl (C=O) groups is 1. The van der Waals surface area contributed by atoms with Gasteiger partial charge in [0, 0.05) is 16.0 Å². The molecule has 0 bridgehead atoms. The number of hydrogen-bond donors (Lipinski definition) is 1. The summed E-state index contributed by atoms with van der Waals surface area (Å²) in [6.45, 7) is 4.08. The molecule has 17 heavy (non-hydrogen) atoms. The summed E-state index contributed by atoms with van der Waals surface area (Å²) in [6.07, 6.45) is 0. The van der Waals surface area contributed by atoms with Gasteiger partial charge in [-0.25, -0.2) is 0 Å². The Morgan fingerprint density at radius 3 is 2.76 bits per heavy atom. The smallest absolute Gasteiger partial charge is 0.325 e. The first-order valence-electron chi connectivity index (χ1n) is 5.14. The Morgan fingerprint density at radius 2 is 2.18 bits per heavy atom. The van der Waals surface area contributed by atoms with E-state index < -0.39 is 5.54 Å². The molecule has 0 atom stereocenters. The molecule has 0 heterocycles. The summed E-state index contributed by atoms with van der Waals surface area (Å²) in [4.78, 5) is 11.5. The van der Waals surface area contributed by atoms with E-state index in [0.29, 0.717) is 11.6 Å². The van der Waals surface area contributed by atoms with Crippen molar-refractivity contribution in [2.24, 2.45) is 0 Å². The van der Waals surface area contributed by atoms with E-state index in [-0.39, 0.29) is 5.97 Å². The number of hydrogen-bond acceptors (Lipinski definition) is 3. The number of carbonyl (C=O) groups excluding carboxylic acids is 1. The molecule has 5 heteroatoms. The highest BCUT2D eigenvalue weighted by Gasteiger charge is 2.27. The topological polar surface area (TPSA) is 38.3 Å². The minimum Gasteiger partial charge on any atom is -0.468 e. The van der Waals surface area contributed by atoms with Crippen molar-refractivity contribution in [3.05, 3.63) is 33.3 Å². The first-order chi connectivity index (χ1) is 7.86. The lowest BCUT2D eigenvalue weighted by atomic mass is 10.1. The van der Waals surface area contributed by atoms with Crippen molar-refractivity contribution in [2.45, 2.75) is 25.9 Å². The van der Waals surface area contributed by atoms with Gasteiger partial charge in [-0.1, -0.05) is 27.5 Å². The van der Waals surface area contributed by atoms with E-state index in [1.54, 1.807) is 19.9 Å². The van der Waals surface area contributed by atoms with Crippen LogP contribution in [-0.2, 0) is 16.1 Å². The van der Waals surface area contributed by atoms with E-state index in [9.17, 15) is 4.79 Å². The molecule has 1 aromatic carbocycles. The Labute approximate surface area is 115 Å². The van der Waals surface area contributed by atoms with E-state index in [0.717, 1.165) is 10.0 Å². The largest absolute Gasteiger partial charge is 0.468 e. The predicted molar refractivity (Wildman–Crippen MR) is 72.1 cm³/mol. The molecule has 1 N–H and O–H groups in total. The number of halogens is 2. The van der Waals surface area contributed by atoms with Crippen molar-refractivity contribution < 1.29 is 9.53 Å². The lowest BCUT2D eigenvalue weighted by Gasteiger charge is -2.23. The summed E-state index contributed by atoms with van der Waals surface area (Å²) in [5.74, 6) is -0.296. The van der Waals surface area contributed by atoms with E-state index in [2.05, 4.69) is 21.2 Å². The highest BCUT2D eigenvalue weighted by Crippen LogP contribution is 2.21. The normalized spacial score (nSPS) is 11.4. The van der Waals surface area contributed by atoms with Crippen molar-refractivity contribution in [1.82, 2.24) is 5.32 Å². The number of ether oxygens (including phenoxy) is 1. The van der Waals surface area contributed by atoms with Gasteiger partial charge in [0.05, 0.1) is 7.11 Å². The van der Waals surface area contributed by atoms with Gasteiger partial charge in [0.15, 0.2) is 0 Å². The van der Waals surface area contributed by atoms with Crippen LogP contribution in [0.2, 0.25) is 5.02 Å². The monoisotopic (exact) mass is 319 g/mol. The summed E-state index contributed by atoms with van der Waals surface area (Å²) in [6, 6.07) is 5.54. The fraction of sp³-hybridized carbons (Fsp3) is 0.417. The zero-order valence-electron chi connectivity index (χ0n) is 10.0. The van der Waals surface area contributed by atoms with Crippen LogP contribution < -0.4 is 5.32 Å². The van der Waals surface area contributed by atoms with Crippen LogP contribution in [0.1, 0.15) is 19.4 Å². The van der Waals surface area contributed by atoms with Crippen molar-refractivity contribution >= 4 is 33.5 Å². The maximum atomic E-state index is 11.5. The van der Waals surface area contributed by atoms with Gasteiger partial charge in [-0.15, -0.1) is 0 Å². The lowest BCUT2D eigenvalue weighted by Crippen LogP contribution is -2.47. The van der Waals surface area contributed by atoms with Crippen LogP contribution in [0.3, 0.4) is 0 Å². The van der Waals surface area contributed by atoms with Crippen molar-refractivity contribution in [1.29, 1.82) is 0 Å². The third-order valence-corrected chi connectivity index (χ3v) is 3.43. The fourth-order valence-corrected chi connectivity index (χ4v) is 1.90. The van der Waals surface area contributed by atoms with Gasteiger partial charge >= 0.3 is 5.97 Å². The Kier molecular flexibility index (Phi) is 4.98. The number of benzene rings is 1. The first kappa shape index (κ1) is 14.5. The molecule has 0 spiro atoms. The van der Waals surface area contributed by atoms with Gasteiger partial charge < -0.3 is 4.74 Å². The molecule has 0 fully saturated rings. The van der Waals surface area contributed by atoms with Gasteiger partial charge in [-0.05, 0) is 37.6 Å². The third-order valence-electron chi connectivity index (χ3n) is 2.42. The molecule has 0 unspecified atom stereocenters. The van der Waals surface area contributed by atoms with Crippen molar-refractivity contribution in [3.63, 3.8) is 0 Å². The highest BCUT2D eigenvalue weighted by atomic mass is 79.9. The summed E-state index contributed by atoms with van der Waals surface area (Å²) in [5.41, 5.74) is 0.269. The Hall–Kier alpha value is -0.580. The zero-order chi connectivity index (χ0) is 13.1. The molecule has 0 aliphatic carbocycles. The molecule has 0 aliphatic heterocycles. The van der Waals surface area contributed by atoms with E-state index in [1.165, 1.54) is 7.11 Å². The van der Waals surface area contributed by atoms with Crippen LogP contribution in [0.25, 0.3) is 0 Å². The molecule has 0 saturated carbocycles. The summed E-state index contributed by atoms with van der Waals surface area (Å²) < 4.78 is 5.67. The van der Waals surface area contributed by atoms with Crippen molar-refractivity contribution in [2.75, 3.05) is 7.11 Å². The molecule has 0 saturated heterocycles. The number of rotatable bonds is 4.